The Kier molecular flexibility index (Phi) is 4.17. The van der Waals surface area contributed by atoms with E-state index in [1.807, 2.05) is 0 Å². The lowest BCUT2D eigenvalue weighted by atomic mass is 9.76. The van der Waals surface area contributed by atoms with Crippen LogP contribution in [0, 0.1) is 5.92 Å². The highest BCUT2D eigenvalue weighted by molar-refractivity contribution is 6.07. The first-order valence-corrected chi connectivity index (χ1v) is 8.05. The molecule has 1 aliphatic carbocycles. The lowest BCUT2D eigenvalue weighted by Gasteiger charge is -2.41. The zero-order chi connectivity index (χ0) is 14.9. The second-order valence-corrected chi connectivity index (χ2v) is 6.58. The normalized spacial score (nSPS) is 34.5. The van der Waals surface area contributed by atoms with Crippen LogP contribution in [0.3, 0.4) is 0 Å². The maximum atomic E-state index is 12.3. The van der Waals surface area contributed by atoms with Gasteiger partial charge >= 0.3 is 6.03 Å². The number of hydrogen-bond acceptors (Lipinski definition) is 4. The lowest BCUT2D eigenvalue weighted by Crippen LogP contribution is -2.54. The van der Waals surface area contributed by atoms with Gasteiger partial charge in [0.1, 0.15) is 5.54 Å². The minimum atomic E-state index is -0.574. The minimum absolute atomic E-state index is 0.0821. The Bertz CT molecular complexity index is 412. The Morgan fingerprint density at radius 2 is 1.86 bits per heavy atom. The fourth-order valence-electron chi connectivity index (χ4n) is 3.72. The van der Waals surface area contributed by atoms with Crippen LogP contribution in [0.1, 0.15) is 32.6 Å². The van der Waals surface area contributed by atoms with E-state index in [9.17, 15) is 9.59 Å². The minimum Gasteiger partial charge on any atom is -0.379 e. The number of morpholine rings is 1. The third kappa shape index (κ3) is 2.79. The number of ether oxygens (including phenoxy) is 1. The van der Waals surface area contributed by atoms with Crippen LogP contribution in [0.5, 0.6) is 0 Å². The molecule has 2 heterocycles. The van der Waals surface area contributed by atoms with Crippen LogP contribution in [0.4, 0.5) is 4.79 Å². The first-order valence-electron chi connectivity index (χ1n) is 8.05. The number of carbonyl (C=O) groups is 2. The predicted octanol–water partition coefficient (Wildman–Crippen LogP) is 0.819. The molecule has 21 heavy (non-hydrogen) atoms. The SMILES string of the molecule is CC1CCC2(CC1)C(=O)NC(=O)N2CCN1CCOCC1. The second kappa shape index (κ2) is 5.93. The van der Waals surface area contributed by atoms with E-state index in [1.54, 1.807) is 4.90 Å². The van der Waals surface area contributed by atoms with E-state index in [1.165, 1.54) is 0 Å². The van der Waals surface area contributed by atoms with Gasteiger partial charge in [0.05, 0.1) is 13.2 Å². The van der Waals surface area contributed by atoms with E-state index < -0.39 is 5.54 Å². The van der Waals surface area contributed by atoms with Crippen molar-refractivity contribution >= 4 is 11.9 Å². The van der Waals surface area contributed by atoms with Gasteiger partial charge in [-0.15, -0.1) is 0 Å². The highest BCUT2D eigenvalue weighted by Crippen LogP contribution is 2.39. The summed E-state index contributed by atoms with van der Waals surface area (Å²) in [5.41, 5.74) is -0.574. The van der Waals surface area contributed by atoms with Gasteiger partial charge in [-0.05, 0) is 31.6 Å². The molecular weight excluding hydrogens is 270 g/mol. The largest absolute Gasteiger partial charge is 0.379 e. The quantitative estimate of drug-likeness (QED) is 0.783. The van der Waals surface area contributed by atoms with Crippen molar-refractivity contribution in [2.45, 2.75) is 38.1 Å². The van der Waals surface area contributed by atoms with Gasteiger partial charge in [-0.2, -0.15) is 0 Å². The van der Waals surface area contributed by atoms with Gasteiger partial charge in [0, 0.05) is 26.2 Å². The molecule has 0 aromatic rings. The summed E-state index contributed by atoms with van der Waals surface area (Å²) in [4.78, 5) is 28.6. The van der Waals surface area contributed by atoms with Crippen LogP contribution < -0.4 is 5.32 Å². The number of nitrogens with one attached hydrogen (secondary N) is 1. The van der Waals surface area contributed by atoms with Crippen LogP contribution in [0.2, 0.25) is 0 Å². The summed E-state index contributed by atoms with van der Waals surface area (Å²) in [5.74, 6) is 0.571. The zero-order valence-corrected chi connectivity index (χ0v) is 12.8. The Hall–Kier alpha value is -1.14. The molecule has 3 amide bonds. The summed E-state index contributed by atoms with van der Waals surface area (Å²) in [5, 5.41) is 2.53. The average Bonchev–Trinajstić information content (AvgIpc) is 2.72. The molecule has 1 N–H and O–H groups in total. The van der Waals surface area contributed by atoms with Crippen LogP contribution in [0.15, 0.2) is 0 Å². The maximum Gasteiger partial charge on any atom is 0.325 e. The van der Waals surface area contributed by atoms with E-state index in [0.29, 0.717) is 12.5 Å². The van der Waals surface area contributed by atoms with Gasteiger partial charge in [0.25, 0.3) is 5.91 Å². The number of urea groups is 1. The first-order chi connectivity index (χ1) is 10.1. The fraction of sp³-hybridized carbons (Fsp3) is 0.867. The molecule has 6 heteroatoms. The Labute approximate surface area is 125 Å². The first kappa shape index (κ1) is 14.8. The molecule has 1 saturated carbocycles. The molecule has 0 aromatic heterocycles. The molecule has 1 spiro atoms. The topological polar surface area (TPSA) is 61.9 Å². The average molecular weight is 295 g/mol. The molecule has 0 aromatic carbocycles. The lowest BCUT2D eigenvalue weighted by molar-refractivity contribution is -0.128. The Morgan fingerprint density at radius 1 is 1.19 bits per heavy atom. The van der Waals surface area contributed by atoms with Gasteiger partial charge in [0.15, 0.2) is 0 Å². The van der Waals surface area contributed by atoms with Crippen LogP contribution in [-0.2, 0) is 9.53 Å². The van der Waals surface area contributed by atoms with E-state index in [2.05, 4.69) is 17.1 Å². The molecule has 0 bridgehead atoms. The fourth-order valence-corrected chi connectivity index (χ4v) is 3.72. The van der Waals surface area contributed by atoms with Crippen LogP contribution in [0.25, 0.3) is 0 Å². The Balaban J connectivity index is 1.66. The summed E-state index contributed by atoms with van der Waals surface area (Å²) in [6.07, 6.45) is 3.65. The zero-order valence-electron chi connectivity index (χ0n) is 12.8. The van der Waals surface area contributed by atoms with Crippen molar-refractivity contribution in [3.63, 3.8) is 0 Å². The number of imide groups is 1. The summed E-state index contributed by atoms with van der Waals surface area (Å²) >= 11 is 0. The van der Waals surface area contributed by atoms with Gasteiger partial charge in [-0.1, -0.05) is 6.92 Å². The van der Waals surface area contributed by atoms with Gasteiger partial charge in [-0.3, -0.25) is 15.0 Å². The second-order valence-electron chi connectivity index (χ2n) is 6.58. The maximum absolute atomic E-state index is 12.3. The van der Waals surface area contributed by atoms with Crippen molar-refractivity contribution < 1.29 is 14.3 Å². The number of amides is 3. The summed E-state index contributed by atoms with van der Waals surface area (Å²) in [6.45, 7) is 7.01. The smallest absolute Gasteiger partial charge is 0.325 e. The van der Waals surface area contributed by atoms with Gasteiger partial charge in [0.2, 0.25) is 0 Å². The summed E-state index contributed by atoms with van der Waals surface area (Å²) in [6, 6.07) is -0.206. The number of hydrogen-bond donors (Lipinski definition) is 1. The van der Waals surface area contributed by atoms with E-state index in [-0.39, 0.29) is 11.9 Å². The third-order valence-corrected chi connectivity index (χ3v) is 5.25. The predicted molar refractivity (Wildman–Crippen MR) is 77.9 cm³/mol. The molecule has 6 nitrogen and oxygen atoms in total. The molecule has 2 aliphatic heterocycles. The van der Waals surface area contributed by atoms with Crippen molar-refractivity contribution in [3.8, 4) is 0 Å². The standard InChI is InChI=1S/C15H25N3O3/c1-12-2-4-15(5-3-12)13(19)16-14(20)18(15)7-6-17-8-10-21-11-9-17/h12H,2-11H2,1H3,(H,16,19,20). The van der Waals surface area contributed by atoms with Gasteiger partial charge in [-0.25, -0.2) is 4.79 Å². The Morgan fingerprint density at radius 3 is 2.52 bits per heavy atom. The molecular formula is C15H25N3O3. The van der Waals surface area contributed by atoms with Crippen LogP contribution >= 0.6 is 0 Å². The molecule has 0 unspecified atom stereocenters. The summed E-state index contributed by atoms with van der Waals surface area (Å²) in [7, 11) is 0. The van der Waals surface area contributed by atoms with Crippen LogP contribution in [-0.4, -0.2) is 66.7 Å². The molecule has 2 saturated heterocycles. The molecule has 3 aliphatic rings. The van der Waals surface area contributed by atoms with Crippen molar-refractivity contribution in [1.29, 1.82) is 0 Å². The molecule has 3 fully saturated rings. The van der Waals surface area contributed by atoms with Crippen molar-refractivity contribution in [2.24, 2.45) is 5.92 Å². The molecule has 3 rings (SSSR count). The van der Waals surface area contributed by atoms with Gasteiger partial charge < -0.3 is 9.64 Å². The van der Waals surface area contributed by atoms with E-state index in [4.69, 9.17) is 4.74 Å². The number of carbonyl (C=O) groups excluding carboxylic acids is 2. The highest BCUT2D eigenvalue weighted by atomic mass is 16.5. The van der Waals surface area contributed by atoms with E-state index >= 15 is 0 Å². The molecule has 0 radical (unpaired) electrons. The van der Waals surface area contributed by atoms with Crippen molar-refractivity contribution in [2.75, 3.05) is 39.4 Å². The third-order valence-electron chi connectivity index (χ3n) is 5.25. The molecule has 0 atom stereocenters. The number of rotatable bonds is 3. The highest BCUT2D eigenvalue weighted by Gasteiger charge is 2.53. The van der Waals surface area contributed by atoms with Crippen molar-refractivity contribution in [1.82, 2.24) is 15.1 Å². The number of nitrogens with zero attached hydrogens (tertiary/aromatic N) is 2. The van der Waals surface area contributed by atoms with E-state index in [0.717, 1.165) is 58.5 Å². The monoisotopic (exact) mass is 295 g/mol. The summed E-state index contributed by atoms with van der Waals surface area (Å²) < 4.78 is 5.34. The molecule has 118 valence electrons. The van der Waals surface area contributed by atoms with Crippen molar-refractivity contribution in [3.05, 3.63) is 0 Å².